The maximum atomic E-state index is 13.1. The second kappa shape index (κ2) is 7.63. The molecule has 0 unspecified atom stereocenters. The van der Waals surface area contributed by atoms with Crippen molar-refractivity contribution in [2.75, 3.05) is 4.90 Å². The number of imide groups is 2. The molecule has 2 fully saturated rings. The lowest BCUT2D eigenvalue weighted by Crippen LogP contribution is -2.54. The predicted octanol–water partition coefficient (Wildman–Crippen LogP) is 4.65. The van der Waals surface area contributed by atoms with E-state index >= 15 is 0 Å². The Kier molecular flexibility index (Phi) is 5.17. The quantitative estimate of drug-likeness (QED) is 0.540. The van der Waals surface area contributed by atoms with Crippen molar-refractivity contribution in [2.24, 2.45) is 0 Å². The molecule has 1 aliphatic heterocycles. The Balaban J connectivity index is 1.72. The SMILES string of the molecule is Cc1cc(/C=C2\C(=O)NC(=O)N(c3ccc(Br)cc3)C2=O)c(C)n1C1CCCC1. The molecule has 0 spiro atoms. The number of halogens is 1. The molecule has 0 radical (unpaired) electrons. The first-order chi connectivity index (χ1) is 13.9. The Hall–Kier alpha value is -2.67. The van der Waals surface area contributed by atoms with Crippen molar-refractivity contribution in [1.29, 1.82) is 0 Å². The molecule has 0 atom stereocenters. The fourth-order valence-electron chi connectivity index (χ4n) is 4.31. The van der Waals surface area contributed by atoms with E-state index in [-0.39, 0.29) is 5.57 Å². The summed E-state index contributed by atoms with van der Waals surface area (Å²) in [4.78, 5) is 38.8. The van der Waals surface area contributed by atoms with Crippen LogP contribution in [0.2, 0.25) is 0 Å². The summed E-state index contributed by atoms with van der Waals surface area (Å²) in [7, 11) is 0. The first kappa shape index (κ1) is 19.6. The van der Waals surface area contributed by atoms with Crippen molar-refractivity contribution >= 4 is 45.5 Å². The van der Waals surface area contributed by atoms with Gasteiger partial charge in [0.1, 0.15) is 5.57 Å². The molecular formula is C22H22BrN3O3. The molecule has 1 aromatic carbocycles. The van der Waals surface area contributed by atoms with E-state index in [4.69, 9.17) is 0 Å². The highest BCUT2D eigenvalue weighted by molar-refractivity contribution is 9.10. The number of aromatic nitrogens is 1. The fourth-order valence-corrected chi connectivity index (χ4v) is 4.58. The van der Waals surface area contributed by atoms with Gasteiger partial charge in [-0.1, -0.05) is 28.8 Å². The van der Waals surface area contributed by atoms with Gasteiger partial charge in [-0.2, -0.15) is 0 Å². The van der Waals surface area contributed by atoms with Crippen LogP contribution < -0.4 is 10.2 Å². The van der Waals surface area contributed by atoms with Crippen LogP contribution in [0.3, 0.4) is 0 Å². The minimum absolute atomic E-state index is 0.0424. The monoisotopic (exact) mass is 455 g/mol. The fraction of sp³-hybridized carbons (Fsp3) is 0.318. The number of benzene rings is 1. The van der Waals surface area contributed by atoms with E-state index in [0.29, 0.717) is 11.7 Å². The van der Waals surface area contributed by atoms with Gasteiger partial charge in [0.25, 0.3) is 11.8 Å². The summed E-state index contributed by atoms with van der Waals surface area (Å²) in [6, 6.07) is 8.52. The third-order valence-corrected chi connectivity index (χ3v) is 6.23. The standard InChI is InChI=1S/C22H22BrN3O3/c1-13-11-15(14(2)25(13)17-5-3-4-6-17)12-19-20(27)24-22(29)26(21(19)28)18-9-7-16(23)8-10-18/h7-12,17H,3-6H2,1-2H3,(H,24,27,29)/b19-12+. The predicted molar refractivity (Wildman–Crippen MR) is 115 cm³/mol. The van der Waals surface area contributed by atoms with Crippen LogP contribution in [-0.4, -0.2) is 22.4 Å². The van der Waals surface area contributed by atoms with E-state index in [1.165, 1.54) is 12.8 Å². The van der Waals surface area contributed by atoms with Crippen LogP contribution in [0.5, 0.6) is 0 Å². The Morgan fingerprint density at radius 1 is 1.07 bits per heavy atom. The first-order valence-electron chi connectivity index (χ1n) is 9.72. The summed E-state index contributed by atoms with van der Waals surface area (Å²) in [6.07, 6.45) is 6.35. The molecule has 1 aliphatic carbocycles. The molecule has 2 aromatic rings. The molecule has 4 amide bonds. The second-order valence-corrected chi connectivity index (χ2v) is 8.48. The van der Waals surface area contributed by atoms with Crippen LogP contribution in [0.25, 0.3) is 6.08 Å². The van der Waals surface area contributed by atoms with Gasteiger partial charge in [-0.25, -0.2) is 9.69 Å². The number of barbiturate groups is 1. The number of rotatable bonds is 3. The largest absolute Gasteiger partial charge is 0.346 e. The molecule has 6 nitrogen and oxygen atoms in total. The molecule has 2 aliphatic rings. The molecule has 2 heterocycles. The average Bonchev–Trinajstić information content (AvgIpc) is 3.28. The third-order valence-electron chi connectivity index (χ3n) is 5.70. The summed E-state index contributed by atoms with van der Waals surface area (Å²) < 4.78 is 3.14. The number of nitrogens with one attached hydrogen (secondary N) is 1. The van der Waals surface area contributed by atoms with E-state index in [2.05, 4.69) is 25.8 Å². The smallest absolute Gasteiger partial charge is 0.335 e. The third kappa shape index (κ3) is 3.55. The van der Waals surface area contributed by atoms with Gasteiger partial charge in [0, 0.05) is 21.9 Å². The Labute approximate surface area is 177 Å². The van der Waals surface area contributed by atoms with Gasteiger partial charge in [0.15, 0.2) is 0 Å². The van der Waals surface area contributed by atoms with Crippen molar-refractivity contribution in [2.45, 2.75) is 45.6 Å². The maximum absolute atomic E-state index is 13.1. The topological polar surface area (TPSA) is 71.4 Å². The first-order valence-corrected chi connectivity index (χ1v) is 10.5. The zero-order valence-corrected chi connectivity index (χ0v) is 18.0. The Morgan fingerprint density at radius 3 is 2.38 bits per heavy atom. The number of carbonyl (C=O) groups is 3. The minimum Gasteiger partial charge on any atom is -0.346 e. The van der Waals surface area contributed by atoms with E-state index in [1.807, 2.05) is 19.9 Å². The molecule has 29 heavy (non-hydrogen) atoms. The van der Waals surface area contributed by atoms with Crippen molar-refractivity contribution in [3.05, 3.63) is 57.3 Å². The normalized spacial score (nSPS) is 19.3. The molecule has 0 bridgehead atoms. The van der Waals surface area contributed by atoms with Gasteiger partial charge >= 0.3 is 6.03 Å². The highest BCUT2D eigenvalue weighted by atomic mass is 79.9. The highest BCUT2D eigenvalue weighted by Crippen LogP contribution is 2.34. The van der Waals surface area contributed by atoms with Crippen LogP contribution in [0.15, 0.2) is 40.4 Å². The van der Waals surface area contributed by atoms with Gasteiger partial charge < -0.3 is 4.57 Å². The van der Waals surface area contributed by atoms with Gasteiger partial charge in [-0.3, -0.25) is 14.9 Å². The van der Waals surface area contributed by atoms with Gasteiger partial charge in [-0.15, -0.1) is 0 Å². The summed E-state index contributed by atoms with van der Waals surface area (Å²) in [5, 5.41) is 2.28. The van der Waals surface area contributed by atoms with Gasteiger partial charge in [0.2, 0.25) is 0 Å². The zero-order chi connectivity index (χ0) is 20.7. The van der Waals surface area contributed by atoms with E-state index < -0.39 is 17.8 Å². The number of nitrogens with zero attached hydrogens (tertiary/aromatic N) is 2. The summed E-state index contributed by atoms with van der Waals surface area (Å²) in [5.74, 6) is -1.29. The van der Waals surface area contributed by atoms with Crippen LogP contribution in [0, 0.1) is 13.8 Å². The van der Waals surface area contributed by atoms with Crippen molar-refractivity contribution < 1.29 is 14.4 Å². The van der Waals surface area contributed by atoms with Gasteiger partial charge in [-0.05, 0) is 68.7 Å². The number of amides is 4. The maximum Gasteiger partial charge on any atom is 0.335 e. The molecule has 1 N–H and O–H groups in total. The number of hydrogen-bond donors (Lipinski definition) is 1. The Morgan fingerprint density at radius 2 is 1.72 bits per heavy atom. The number of hydrogen-bond acceptors (Lipinski definition) is 3. The van der Waals surface area contributed by atoms with Crippen LogP contribution in [-0.2, 0) is 9.59 Å². The summed E-state index contributed by atoms with van der Waals surface area (Å²) >= 11 is 3.34. The van der Waals surface area contributed by atoms with E-state index in [9.17, 15) is 14.4 Å². The average molecular weight is 456 g/mol. The number of carbonyl (C=O) groups excluding carboxylic acids is 3. The summed E-state index contributed by atoms with van der Waals surface area (Å²) in [6.45, 7) is 4.06. The lowest BCUT2D eigenvalue weighted by atomic mass is 10.1. The number of anilines is 1. The van der Waals surface area contributed by atoms with Crippen molar-refractivity contribution in [3.8, 4) is 0 Å². The summed E-state index contributed by atoms with van der Waals surface area (Å²) in [5.41, 5.74) is 3.35. The minimum atomic E-state index is -0.740. The highest BCUT2D eigenvalue weighted by Gasteiger charge is 2.37. The van der Waals surface area contributed by atoms with Crippen LogP contribution in [0.1, 0.15) is 48.7 Å². The molecule has 1 aromatic heterocycles. The number of aryl methyl sites for hydroxylation is 1. The van der Waals surface area contributed by atoms with E-state index in [1.54, 1.807) is 30.3 Å². The molecule has 1 saturated heterocycles. The molecule has 150 valence electrons. The van der Waals surface area contributed by atoms with Crippen LogP contribution >= 0.6 is 15.9 Å². The second-order valence-electron chi connectivity index (χ2n) is 7.57. The van der Waals surface area contributed by atoms with Crippen LogP contribution in [0.4, 0.5) is 10.5 Å². The zero-order valence-electron chi connectivity index (χ0n) is 16.4. The van der Waals surface area contributed by atoms with E-state index in [0.717, 1.165) is 39.2 Å². The molecular weight excluding hydrogens is 434 g/mol. The molecule has 4 rings (SSSR count). The van der Waals surface area contributed by atoms with Gasteiger partial charge in [0.05, 0.1) is 5.69 Å². The molecule has 7 heteroatoms. The van der Waals surface area contributed by atoms with Crippen molar-refractivity contribution in [3.63, 3.8) is 0 Å². The lowest BCUT2D eigenvalue weighted by Gasteiger charge is -2.26. The van der Waals surface area contributed by atoms with Crippen molar-refractivity contribution in [1.82, 2.24) is 9.88 Å². The Bertz CT molecular complexity index is 1030. The molecule has 1 saturated carbocycles. The number of urea groups is 1. The lowest BCUT2D eigenvalue weighted by molar-refractivity contribution is -0.122.